The molecule has 5 nitrogen and oxygen atoms in total. The molecule has 0 bridgehead atoms. The van der Waals surface area contributed by atoms with Crippen LogP contribution < -0.4 is 5.59 Å². The summed E-state index contributed by atoms with van der Waals surface area (Å²) in [5, 5.41) is 10.6. The molecule has 0 spiro atoms. The molecule has 2 heterocycles. The second-order valence-electron chi connectivity index (χ2n) is 2.44. The molecule has 0 unspecified atom stereocenters. The molecule has 1 aliphatic rings. The Hall–Kier alpha value is -1.62. The average Bonchev–Trinajstić information content (AvgIpc) is 2.63. The molecule has 5 heteroatoms. The molecule has 1 aromatic heterocycles. The van der Waals surface area contributed by atoms with Gasteiger partial charge in [-0.1, -0.05) is 5.59 Å². The van der Waals surface area contributed by atoms with Crippen LogP contribution in [0.5, 0.6) is 0 Å². The Bertz CT molecular complexity index is 281. The molecule has 12 heavy (non-hydrogen) atoms. The van der Waals surface area contributed by atoms with Crippen molar-refractivity contribution in [2.45, 2.75) is 6.54 Å². The van der Waals surface area contributed by atoms with Crippen LogP contribution in [-0.2, 0) is 11.4 Å². The first-order chi connectivity index (χ1) is 5.84. The second kappa shape index (κ2) is 2.78. The Kier molecular flexibility index (Phi) is 1.64. The molecule has 1 aliphatic heterocycles. The van der Waals surface area contributed by atoms with Crippen LogP contribution in [0.2, 0.25) is 0 Å². The van der Waals surface area contributed by atoms with Crippen molar-refractivity contribution in [2.24, 2.45) is 0 Å². The third-order valence-electron chi connectivity index (χ3n) is 1.50. The summed E-state index contributed by atoms with van der Waals surface area (Å²) in [5.74, 6) is 0.724. The van der Waals surface area contributed by atoms with E-state index in [9.17, 15) is 0 Å². The van der Waals surface area contributed by atoms with Crippen LogP contribution >= 0.6 is 0 Å². The molecule has 0 saturated heterocycles. The zero-order valence-corrected chi connectivity index (χ0v) is 6.30. The van der Waals surface area contributed by atoms with E-state index in [1.807, 2.05) is 12.1 Å². The van der Waals surface area contributed by atoms with Crippen molar-refractivity contribution in [3.05, 3.63) is 36.3 Å². The first-order valence-corrected chi connectivity index (χ1v) is 3.53. The largest absolute Gasteiger partial charge is 0.476 e. The minimum Gasteiger partial charge on any atom is -0.476 e. The number of nitrogens with two attached hydrogens (primary N) is 1. The van der Waals surface area contributed by atoms with Crippen LogP contribution in [0, 0.1) is 0 Å². The normalized spacial score (nSPS) is 16.0. The van der Waals surface area contributed by atoms with Crippen LogP contribution in [0.25, 0.3) is 0 Å². The van der Waals surface area contributed by atoms with Gasteiger partial charge < -0.3 is 9.52 Å². The zero-order valence-electron chi connectivity index (χ0n) is 6.30. The summed E-state index contributed by atoms with van der Waals surface area (Å²) in [6.45, 7) is 0.567. The lowest BCUT2D eigenvalue weighted by Crippen LogP contribution is -2.88. The summed E-state index contributed by atoms with van der Waals surface area (Å²) in [4.78, 5) is 4.69. The molecule has 0 aromatic carbocycles. The molecule has 0 fully saturated rings. The SMILES string of the molecule is OC1=CN(Cc2ccco2)[NH2+]O1. The molecule has 2 rings (SSSR count). The molecule has 1 aromatic rings. The lowest BCUT2D eigenvalue weighted by molar-refractivity contribution is -0.975. The molecule has 0 amide bonds. The number of hydrogen-bond acceptors (Lipinski definition) is 4. The molecule has 0 radical (unpaired) electrons. The third kappa shape index (κ3) is 1.35. The highest BCUT2D eigenvalue weighted by molar-refractivity contribution is 4.98. The minimum absolute atomic E-state index is 0.0958. The van der Waals surface area contributed by atoms with Gasteiger partial charge in [0.2, 0.25) is 0 Å². The van der Waals surface area contributed by atoms with Gasteiger partial charge in [0.15, 0.2) is 0 Å². The van der Waals surface area contributed by atoms with Crippen molar-refractivity contribution in [1.82, 2.24) is 5.01 Å². The lowest BCUT2D eigenvalue weighted by Gasteiger charge is -2.05. The fourth-order valence-electron chi connectivity index (χ4n) is 0.990. The van der Waals surface area contributed by atoms with E-state index in [-0.39, 0.29) is 5.95 Å². The summed E-state index contributed by atoms with van der Waals surface area (Å²) in [7, 11) is 0. The van der Waals surface area contributed by atoms with Gasteiger partial charge in [-0.15, -0.1) is 0 Å². The molecule has 64 valence electrons. The van der Waals surface area contributed by atoms with Gasteiger partial charge in [-0.2, -0.15) is 5.01 Å². The van der Waals surface area contributed by atoms with E-state index in [2.05, 4.69) is 0 Å². The Morgan fingerprint density at radius 2 is 2.50 bits per heavy atom. The number of quaternary nitrogens is 1. The predicted octanol–water partition coefficient (Wildman–Crippen LogP) is -0.138. The van der Waals surface area contributed by atoms with E-state index in [4.69, 9.17) is 14.4 Å². The summed E-state index contributed by atoms with van der Waals surface area (Å²) in [5.41, 5.74) is 1.43. The Morgan fingerprint density at radius 1 is 1.58 bits per heavy atom. The van der Waals surface area contributed by atoms with Crippen LogP contribution in [0.15, 0.2) is 35.0 Å². The summed E-state index contributed by atoms with van der Waals surface area (Å²) in [6, 6.07) is 3.67. The molecule has 3 N–H and O–H groups in total. The third-order valence-corrected chi connectivity index (χ3v) is 1.50. The van der Waals surface area contributed by atoms with E-state index >= 15 is 0 Å². The summed E-state index contributed by atoms with van der Waals surface area (Å²) < 4.78 is 5.10. The van der Waals surface area contributed by atoms with Crippen LogP contribution in [0.4, 0.5) is 0 Å². The van der Waals surface area contributed by atoms with Crippen molar-refractivity contribution in [3.8, 4) is 0 Å². The van der Waals surface area contributed by atoms with E-state index in [1.165, 1.54) is 11.8 Å². The molecule has 0 atom stereocenters. The standard InChI is InChI=1S/C7H8N2O3/c10-7-5-9(8-12-7)4-6-2-1-3-11-6/h1-3,5,8,10H,4H2/p+1. The van der Waals surface area contributed by atoms with Crippen molar-refractivity contribution in [2.75, 3.05) is 0 Å². The summed E-state index contributed by atoms with van der Waals surface area (Å²) in [6.07, 6.45) is 3.10. The Morgan fingerprint density at radius 3 is 3.08 bits per heavy atom. The summed E-state index contributed by atoms with van der Waals surface area (Å²) >= 11 is 0. The highest BCUT2D eigenvalue weighted by atomic mass is 16.8. The lowest BCUT2D eigenvalue weighted by atomic mass is 10.4. The van der Waals surface area contributed by atoms with E-state index < -0.39 is 0 Å². The van der Waals surface area contributed by atoms with Gasteiger partial charge in [0, 0.05) is 0 Å². The molecular weight excluding hydrogens is 160 g/mol. The fraction of sp³-hybridized carbons (Fsp3) is 0.143. The fourth-order valence-corrected chi connectivity index (χ4v) is 0.990. The average molecular weight is 169 g/mol. The maximum absolute atomic E-state index is 8.86. The maximum Gasteiger partial charge on any atom is 0.365 e. The van der Waals surface area contributed by atoms with Gasteiger partial charge in [0.1, 0.15) is 18.5 Å². The van der Waals surface area contributed by atoms with Gasteiger partial charge in [0.05, 0.1) is 6.26 Å². The Balaban J connectivity index is 1.97. The highest BCUT2D eigenvalue weighted by Crippen LogP contribution is 2.04. The topological polar surface area (TPSA) is 62.5 Å². The number of aliphatic hydroxyl groups is 1. The van der Waals surface area contributed by atoms with Crippen LogP contribution in [0.1, 0.15) is 5.76 Å². The zero-order chi connectivity index (χ0) is 8.39. The van der Waals surface area contributed by atoms with Crippen molar-refractivity contribution in [1.29, 1.82) is 0 Å². The number of nitrogens with zero attached hydrogens (tertiary/aromatic N) is 1. The van der Waals surface area contributed by atoms with E-state index in [0.29, 0.717) is 6.54 Å². The van der Waals surface area contributed by atoms with Gasteiger partial charge >= 0.3 is 5.95 Å². The first kappa shape index (κ1) is 7.05. The number of aliphatic hydroxyl groups excluding tert-OH is 1. The maximum atomic E-state index is 8.86. The molecular formula is C7H9N2O3+. The molecule has 0 aliphatic carbocycles. The second-order valence-corrected chi connectivity index (χ2v) is 2.44. The van der Waals surface area contributed by atoms with Gasteiger partial charge in [-0.05, 0) is 12.1 Å². The monoisotopic (exact) mass is 169 g/mol. The van der Waals surface area contributed by atoms with Crippen molar-refractivity contribution < 1.29 is 20.0 Å². The molecule has 0 saturated carbocycles. The Labute approximate surface area is 68.8 Å². The smallest absolute Gasteiger partial charge is 0.365 e. The number of hydrogen-bond donors (Lipinski definition) is 2. The predicted molar refractivity (Wildman–Crippen MR) is 38.0 cm³/mol. The van der Waals surface area contributed by atoms with Gasteiger partial charge in [0.25, 0.3) is 0 Å². The number of rotatable bonds is 2. The van der Waals surface area contributed by atoms with Crippen LogP contribution in [-0.4, -0.2) is 10.1 Å². The van der Waals surface area contributed by atoms with Gasteiger partial charge in [-0.25, -0.2) is 0 Å². The van der Waals surface area contributed by atoms with Crippen LogP contribution in [0.3, 0.4) is 0 Å². The van der Waals surface area contributed by atoms with Crippen molar-refractivity contribution >= 4 is 0 Å². The highest BCUT2D eigenvalue weighted by Gasteiger charge is 2.17. The minimum atomic E-state index is -0.0958. The first-order valence-electron chi connectivity index (χ1n) is 3.53. The quantitative estimate of drug-likeness (QED) is 0.605. The van der Waals surface area contributed by atoms with E-state index in [1.54, 1.807) is 11.3 Å². The van der Waals surface area contributed by atoms with E-state index in [0.717, 1.165) is 5.76 Å². The van der Waals surface area contributed by atoms with Crippen molar-refractivity contribution in [3.63, 3.8) is 0 Å². The van der Waals surface area contributed by atoms with Gasteiger partial charge in [-0.3, -0.25) is 4.84 Å². The number of furan rings is 1.